The zero-order valence-corrected chi connectivity index (χ0v) is 31.2. The van der Waals surface area contributed by atoms with Crippen molar-refractivity contribution >= 4 is 35.2 Å². The second-order valence-electron chi connectivity index (χ2n) is 16.0. The third-order valence-corrected chi connectivity index (χ3v) is 9.46. The highest BCUT2D eigenvalue weighted by molar-refractivity contribution is 6.04. The van der Waals surface area contributed by atoms with Crippen molar-refractivity contribution in [2.45, 2.75) is 103 Å². The van der Waals surface area contributed by atoms with Crippen LogP contribution in [0.3, 0.4) is 0 Å². The summed E-state index contributed by atoms with van der Waals surface area (Å²) >= 11 is 0. The third kappa shape index (κ3) is 9.02. The van der Waals surface area contributed by atoms with Gasteiger partial charge in [0, 0.05) is 45.1 Å². The topological polar surface area (TPSA) is 138 Å². The summed E-state index contributed by atoms with van der Waals surface area (Å²) in [6, 6.07) is 13.9. The number of ether oxygens (including phenoxy) is 3. The molecule has 2 aromatic rings. The van der Waals surface area contributed by atoms with E-state index in [1.807, 2.05) is 42.5 Å². The first kappa shape index (κ1) is 38.1. The molecule has 1 saturated heterocycles. The van der Waals surface area contributed by atoms with Crippen molar-refractivity contribution in [2.24, 2.45) is 11.8 Å². The molecule has 2 fully saturated rings. The van der Waals surface area contributed by atoms with E-state index in [9.17, 15) is 24.3 Å². The number of piperidine rings is 1. The van der Waals surface area contributed by atoms with Crippen LogP contribution in [0.1, 0.15) is 85.8 Å². The summed E-state index contributed by atoms with van der Waals surface area (Å²) < 4.78 is 17.1. The highest BCUT2D eigenvalue weighted by Gasteiger charge is 2.46. The Morgan fingerprint density at radius 3 is 2.31 bits per heavy atom. The molecule has 0 bridgehead atoms. The molecule has 1 saturated carbocycles. The molecule has 5 rings (SSSR count). The number of anilines is 2. The van der Waals surface area contributed by atoms with Gasteiger partial charge in [0.1, 0.15) is 11.4 Å². The molecule has 0 aromatic heterocycles. The van der Waals surface area contributed by atoms with Crippen molar-refractivity contribution < 1.29 is 38.5 Å². The van der Waals surface area contributed by atoms with E-state index in [4.69, 9.17) is 14.2 Å². The van der Waals surface area contributed by atoms with Gasteiger partial charge in [-0.3, -0.25) is 14.4 Å². The summed E-state index contributed by atoms with van der Waals surface area (Å²) in [5.41, 5.74) is -1.19. The van der Waals surface area contributed by atoms with Gasteiger partial charge in [-0.1, -0.05) is 30.3 Å². The number of hydrogen-bond donors (Lipinski definition) is 2. The normalized spacial score (nSPS) is 20.9. The number of hydrogen-bond acceptors (Lipinski definition) is 8. The third-order valence-electron chi connectivity index (χ3n) is 9.46. The zero-order chi connectivity index (χ0) is 37.3. The lowest BCUT2D eigenvalue weighted by Gasteiger charge is -2.41. The van der Waals surface area contributed by atoms with E-state index in [0.29, 0.717) is 36.7 Å². The Kier molecular flexibility index (Phi) is 11.1. The SMILES string of the molecule is COCCCN1C(=O)C(C)(C)Oc2ccc(N(C(=O)[C@@H]3C[C@H](C(=O)N[C@H](c4ccccc4)C(C)(C)O)CN(C(=O)OC(C)(C)C)C3)C3CC3)cc21. The predicted molar refractivity (Wildman–Crippen MR) is 194 cm³/mol. The minimum absolute atomic E-state index is 0.0593. The van der Waals surface area contributed by atoms with Gasteiger partial charge in [0.2, 0.25) is 11.8 Å². The fraction of sp³-hybridized carbons (Fsp3) is 0.590. The summed E-state index contributed by atoms with van der Waals surface area (Å²) in [6.45, 7) is 13.1. The van der Waals surface area contributed by atoms with Crippen LogP contribution in [0.15, 0.2) is 48.5 Å². The van der Waals surface area contributed by atoms with Crippen molar-refractivity contribution in [1.82, 2.24) is 10.2 Å². The quantitative estimate of drug-likeness (QED) is 0.304. The van der Waals surface area contributed by atoms with E-state index in [-0.39, 0.29) is 43.3 Å². The smallest absolute Gasteiger partial charge is 0.410 e. The molecular weight excluding hydrogens is 652 g/mol. The fourth-order valence-corrected chi connectivity index (χ4v) is 6.86. The molecule has 278 valence electrons. The Balaban J connectivity index is 1.45. The van der Waals surface area contributed by atoms with Crippen molar-refractivity contribution in [3.05, 3.63) is 54.1 Å². The second kappa shape index (κ2) is 14.8. The van der Waals surface area contributed by atoms with Crippen LogP contribution in [0.4, 0.5) is 16.2 Å². The zero-order valence-electron chi connectivity index (χ0n) is 31.2. The molecule has 3 atom stereocenters. The van der Waals surface area contributed by atoms with E-state index in [2.05, 4.69) is 5.32 Å². The van der Waals surface area contributed by atoms with Crippen molar-refractivity contribution in [1.29, 1.82) is 0 Å². The van der Waals surface area contributed by atoms with Gasteiger partial charge in [-0.05, 0) is 97.9 Å². The molecule has 2 aliphatic heterocycles. The Morgan fingerprint density at radius 1 is 1.04 bits per heavy atom. The molecule has 12 nitrogen and oxygen atoms in total. The molecule has 0 radical (unpaired) electrons. The van der Waals surface area contributed by atoms with Gasteiger partial charge < -0.3 is 39.3 Å². The van der Waals surface area contributed by atoms with Gasteiger partial charge in [0.05, 0.1) is 29.2 Å². The van der Waals surface area contributed by atoms with Crippen LogP contribution in [-0.4, -0.2) is 90.0 Å². The Labute approximate surface area is 301 Å². The maximum absolute atomic E-state index is 14.7. The van der Waals surface area contributed by atoms with Gasteiger partial charge in [0.15, 0.2) is 5.60 Å². The molecule has 0 unspecified atom stereocenters. The average Bonchev–Trinajstić information content (AvgIpc) is 3.89. The van der Waals surface area contributed by atoms with Crippen LogP contribution in [0.25, 0.3) is 0 Å². The first-order chi connectivity index (χ1) is 23.9. The number of benzene rings is 2. The Bertz CT molecular complexity index is 1590. The molecule has 3 aliphatic rings. The van der Waals surface area contributed by atoms with Gasteiger partial charge in [-0.25, -0.2) is 4.79 Å². The number of rotatable bonds is 11. The lowest BCUT2D eigenvalue weighted by Crippen LogP contribution is -2.55. The first-order valence-corrected chi connectivity index (χ1v) is 17.9. The minimum atomic E-state index is -1.29. The number of likely N-dealkylation sites (tertiary alicyclic amines) is 1. The monoisotopic (exact) mass is 706 g/mol. The van der Waals surface area contributed by atoms with Gasteiger partial charge in [-0.2, -0.15) is 0 Å². The molecule has 2 N–H and O–H groups in total. The number of amides is 4. The largest absolute Gasteiger partial charge is 0.476 e. The van der Waals surface area contributed by atoms with E-state index >= 15 is 0 Å². The molecule has 1 aliphatic carbocycles. The number of nitrogens with one attached hydrogen (secondary N) is 1. The number of carbonyl (C=O) groups is 4. The summed E-state index contributed by atoms with van der Waals surface area (Å²) in [7, 11) is 1.62. The molecule has 2 heterocycles. The fourth-order valence-electron chi connectivity index (χ4n) is 6.86. The molecule has 51 heavy (non-hydrogen) atoms. The molecule has 0 spiro atoms. The van der Waals surface area contributed by atoms with Crippen molar-refractivity contribution in [2.75, 3.05) is 43.2 Å². The lowest BCUT2D eigenvalue weighted by atomic mass is 9.86. The van der Waals surface area contributed by atoms with E-state index in [0.717, 1.165) is 18.4 Å². The van der Waals surface area contributed by atoms with Gasteiger partial charge in [0.25, 0.3) is 5.91 Å². The number of aliphatic hydroxyl groups is 1. The Morgan fingerprint density at radius 2 is 1.71 bits per heavy atom. The summed E-state index contributed by atoms with van der Waals surface area (Å²) in [5, 5.41) is 14.1. The van der Waals surface area contributed by atoms with Crippen LogP contribution >= 0.6 is 0 Å². The van der Waals surface area contributed by atoms with Crippen molar-refractivity contribution in [3.8, 4) is 5.75 Å². The number of fused-ring (bicyclic) bond motifs is 1. The molecule has 2 aromatic carbocycles. The minimum Gasteiger partial charge on any atom is -0.476 e. The first-order valence-electron chi connectivity index (χ1n) is 17.9. The standard InChI is InChI=1S/C39H54N4O8/c1-37(2,3)51-36(47)41-23-26(33(44)40-32(38(4,5)48)25-13-10-9-11-14-25)21-27(24-41)34(45)43(28-15-16-28)29-17-18-31-30(22-29)42(19-12-20-49-8)35(46)39(6,7)50-31/h9-11,13-14,17-18,22,26-28,32,48H,12,15-16,19-21,23-24H2,1-8H3,(H,40,44)/t26-,27+,32+/m0/s1. The van der Waals surface area contributed by atoms with Crippen LogP contribution in [0, 0.1) is 11.8 Å². The molecule has 12 heteroatoms. The van der Waals surface area contributed by atoms with Crippen LogP contribution in [0.2, 0.25) is 0 Å². The van der Waals surface area contributed by atoms with Crippen LogP contribution in [-0.2, 0) is 23.9 Å². The van der Waals surface area contributed by atoms with Crippen LogP contribution < -0.4 is 19.9 Å². The maximum Gasteiger partial charge on any atom is 0.410 e. The van der Waals surface area contributed by atoms with E-state index in [1.54, 1.807) is 71.4 Å². The molecule has 4 amide bonds. The summed E-state index contributed by atoms with van der Waals surface area (Å²) in [6.07, 6.45) is 1.83. The number of methoxy groups -OCH3 is 1. The van der Waals surface area contributed by atoms with E-state index < -0.39 is 40.8 Å². The van der Waals surface area contributed by atoms with Gasteiger partial charge in [-0.15, -0.1) is 0 Å². The highest BCUT2D eigenvalue weighted by Crippen LogP contribution is 2.43. The predicted octanol–water partition coefficient (Wildman–Crippen LogP) is 5.22. The van der Waals surface area contributed by atoms with Crippen molar-refractivity contribution in [3.63, 3.8) is 0 Å². The maximum atomic E-state index is 14.7. The van der Waals surface area contributed by atoms with Crippen LogP contribution in [0.5, 0.6) is 5.75 Å². The second-order valence-corrected chi connectivity index (χ2v) is 16.0. The Hall–Kier alpha value is -4.16. The number of nitrogens with zero attached hydrogens (tertiary/aromatic N) is 3. The lowest BCUT2D eigenvalue weighted by molar-refractivity contribution is -0.133. The average molecular weight is 707 g/mol. The van der Waals surface area contributed by atoms with Gasteiger partial charge >= 0.3 is 6.09 Å². The highest BCUT2D eigenvalue weighted by atomic mass is 16.6. The van der Waals surface area contributed by atoms with E-state index in [1.165, 1.54) is 4.90 Å². The molecular formula is C39H54N4O8. The summed E-state index contributed by atoms with van der Waals surface area (Å²) in [5.74, 6) is -1.67. The number of carbonyl (C=O) groups excluding carboxylic acids is 4. The summed E-state index contributed by atoms with van der Waals surface area (Å²) in [4.78, 5) is 60.6.